The van der Waals surface area contributed by atoms with Gasteiger partial charge in [-0.2, -0.15) is 0 Å². The minimum Gasteiger partial charge on any atom is -0.484 e. The lowest BCUT2D eigenvalue weighted by Gasteiger charge is -2.21. The van der Waals surface area contributed by atoms with Crippen LogP contribution in [0, 0.1) is 0 Å². The molecule has 0 aliphatic rings. The van der Waals surface area contributed by atoms with Crippen molar-refractivity contribution in [1.82, 2.24) is 10.6 Å². The number of hydrogen-bond acceptors (Lipinski definition) is 5. The normalized spacial score (nSPS) is 12.0. The molecule has 4 amide bonds. The van der Waals surface area contributed by atoms with Crippen LogP contribution in [-0.4, -0.2) is 36.0 Å². The van der Waals surface area contributed by atoms with Crippen LogP contribution in [0.2, 0.25) is 0 Å². The minimum atomic E-state index is -0.651. The number of carbonyl (C=O) groups excluding carboxylic acids is 3. The molecule has 1 rings (SSSR count). The number of ether oxygens (including phenoxy) is 1. The molecule has 8 heteroatoms. The van der Waals surface area contributed by atoms with E-state index in [-0.39, 0.29) is 6.61 Å². The van der Waals surface area contributed by atoms with Crippen LogP contribution in [0.5, 0.6) is 5.75 Å². The fraction of sp³-hybridized carbons (Fsp3) is 0.438. The van der Waals surface area contributed by atoms with E-state index >= 15 is 0 Å². The number of amides is 4. The van der Waals surface area contributed by atoms with Gasteiger partial charge in [0.15, 0.2) is 6.61 Å². The van der Waals surface area contributed by atoms with Crippen LogP contribution < -0.4 is 26.4 Å². The van der Waals surface area contributed by atoms with Crippen molar-refractivity contribution in [2.75, 3.05) is 11.9 Å². The molecular weight excluding hydrogens is 312 g/mol. The molecule has 24 heavy (non-hydrogen) atoms. The third kappa shape index (κ3) is 7.48. The molecule has 0 aromatic heterocycles. The Balaban J connectivity index is 2.59. The maximum absolute atomic E-state index is 12.0. The van der Waals surface area contributed by atoms with E-state index in [1.165, 1.54) is 0 Å². The number of carbonyl (C=O) groups is 3. The first-order chi connectivity index (χ1) is 11.1. The first kappa shape index (κ1) is 19.3. The molecule has 1 atom stereocenters. The number of benzene rings is 1. The molecule has 0 heterocycles. The fourth-order valence-corrected chi connectivity index (χ4v) is 1.74. The van der Waals surface area contributed by atoms with Crippen LogP contribution in [0.3, 0.4) is 0 Å². The van der Waals surface area contributed by atoms with Gasteiger partial charge in [0.05, 0.1) is 0 Å². The van der Waals surface area contributed by atoms with E-state index in [2.05, 4.69) is 16.0 Å². The molecule has 0 radical (unpaired) electrons. The summed E-state index contributed by atoms with van der Waals surface area (Å²) in [5.74, 6) is -0.608. The molecule has 8 nitrogen and oxygen atoms in total. The third-order valence-electron chi connectivity index (χ3n) is 2.72. The van der Waals surface area contributed by atoms with E-state index in [0.717, 1.165) is 0 Å². The Morgan fingerprint density at radius 3 is 2.50 bits per heavy atom. The second-order valence-electron chi connectivity index (χ2n) is 6.34. The van der Waals surface area contributed by atoms with E-state index in [9.17, 15) is 14.4 Å². The highest BCUT2D eigenvalue weighted by Gasteiger charge is 2.19. The molecule has 1 aromatic rings. The summed E-state index contributed by atoms with van der Waals surface area (Å²) in [6, 6.07) is 5.52. The second-order valence-corrected chi connectivity index (χ2v) is 6.34. The van der Waals surface area contributed by atoms with Crippen LogP contribution in [0.25, 0.3) is 0 Å². The van der Waals surface area contributed by atoms with Crippen LogP contribution in [-0.2, 0) is 9.59 Å². The van der Waals surface area contributed by atoms with Gasteiger partial charge < -0.3 is 21.1 Å². The van der Waals surface area contributed by atoms with Crippen molar-refractivity contribution in [3.05, 3.63) is 24.3 Å². The summed E-state index contributed by atoms with van der Waals surface area (Å²) in [6.07, 6.45) is 0. The highest BCUT2D eigenvalue weighted by atomic mass is 16.5. The Morgan fingerprint density at radius 2 is 1.92 bits per heavy atom. The topological polar surface area (TPSA) is 123 Å². The molecule has 0 spiro atoms. The molecule has 0 aliphatic carbocycles. The van der Waals surface area contributed by atoms with Gasteiger partial charge >= 0.3 is 6.03 Å². The summed E-state index contributed by atoms with van der Waals surface area (Å²) >= 11 is 0. The molecule has 132 valence electrons. The predicted molar refractivity (Wildman–Crippen MR) is 90.6 cm³/mol. The number of rotatable bonds is 6. The Kier molecular flexibility index (Phi) is 6.58. The van der Waals surface area contributed by atoms with Crippen molar-refractivity contribution < 1.29 is 19.1 Å². The summed E-state index contributed by atoms with van der Waals surface area (Å²) < 4.78 is 5.19. The van der Waals surface area contributed by atoms with Gasteiger partial charge in [-0.25, -0.2) is 4.79 Å². The van der Waals surface area contributed by atoms with Gasteiger partial charge in [0.1, 0.15) is 11.8 Å². The molecule has 0 aliphatic heterocycles. The smallest absolute Gasteiger partial charge is 0.321 e. The molecule has 0 bridgehead atoms. The van der Waals surface area contributed by atoms with E-state index in [1.807, 2.05) is 20.8 Å². The lowest BCUT2D eigenvalue weighted by atomic mass is 10.1. The number of imide groups is 1. The molecule has 0 unspecified atom stereocenters. The molecule has 1 aromatic carbocycles. The van der Waals surface area contributed by atoms with E-state index in [0.29, 0.717) is 11.4 Å². The Hall–Kier alpha value is -2.77. The van der Waals surface area contributed by atoms with Crippen LogP contribution in [0.15, 0.2) is 24.3 Å². The molecule has 0 fully saturated rings. The number of anilines is 1. The van der Waals surface area contributed by atoms with E-state index < -0.39 is 29.4 Å². The Bertz CT molecular complexity index is 610. The van der Waals surface area contributed by atoms with Crippen molar-refractivity contribution >= 4 is 23.5 Å². The van der Waals surface area contributed by atoms with Gasteiger partial charge in [0.2, 0.25) is 5.91 Å². The van der Waals surface area contributed by atoms with Gasteiger partial charge in [-0.05, 0) is 39.8 Å². The lowest BCUT2D eigenvalue weighted by Crippen LogP contribution is -2.51. The monoisotopic (exact) mass is 336 g/mol. The summed E-state index contributed by atoms with van der Waals surface area (Å²) in [7, 11) is 0. The second kappa shape index (κ2) is 8.19. The highest BCUT2D eigenvalue weighted by molar-refractivity contribution is 5.98. The third-order valence-corrected chi connectivity index (χ3v) is 2.72. The molecule has 0 saturated heterocycles. The van der Waals surface area contributed by atoms with Crippen molar-refractivity contribution in [3.8, 4) is 5.75 Å². The summed E-state index contributed by atoms with van der Waals surface area (Å²) in [4.78, 5) is 34.4. The zero-order valence-corrected chi connectivity index (χ0v) is 14.3. The lowest BCUT2D eigenvalue weighted by molar-refractivity contribution is -0.121. The van der Waals surface area contributed by atoms with Crippen molar-refractivity contribution in [3.63, 3.8) is 0 Å². The van der Waals surface area contributed by atoms with Crippen molar-refractivity contribution in [2.45, 2.75) is 39.3 Å². The fourth-order valence-electron chi connectivity index (χ4n) is 1.74. The molecule has 0 saturated carbocycles. The number of primary amides is 1. The van der Waals surface area contributed by atoms with Crippen molar-refractivity contribution in [2.24, 2.45) is 5.73 Å². The first-order valence-corrected chi connectivity index (χ1v) is 7.47. The van der Waals surface area contributed by atoms with Crippen LogP contribution >= 0.6 is 0 Å². The van der Waals surface area contributed by atoms with Gasteiger partial charge in [-0.15, -0.1) is 0 Å². The average molecular weight is 336 g/mol. The van der Waals surface area contributed by atoms with E-state index in [4.69, 9.17) is 10.5 Å². The average Bonchev–Trinajstić information content (AvgIpc) is 2.43. The number of hydrogen-bond donors (Lipinski definition) is 4. The van der Waals surface area contributed by atoms with Gasteiger partial charge in [-0.1, -0.05) is 6.07 Å². The largest absolute Gasteiger partial charge is 0.484 e. The number of nitrogens with one attached hydrogen (secondary N) is 3. The number of urea groups is 1. The summed E-state index contributed by atoms with van der Waals surface area (Å²) in [6.45, 7) is 6.84. The van der Waals surface area contributed by atoms with Gasteiger partial charge in [0, 0.05) is 17.3 Å². The first-order valence-electron chi connectivity index (χ1n) is 7.47. The molecule has 5 N–H and O–H groups in total. The predicted octanol–water partition coefficient (Wildman–Crippen LogP) is 0.975. The quantitative estimate of drug-likeness (QED) is 0.616. The number of nitrogens with two attached hydrogens (primary N) is 1. The van der Waals surface area contributed by atoms with Crippen LogP contribution in [0.4, 0.5) is 10.5 Å². The Labute approximate surface area is 141 Å². The SMILES string of the molecule is C[C@H](Nc1cccc(OCC(N)=O)c1)C(=O)NC(=O)NC(C)(C)C. The van der Waals surface area contributed by atoms with Crippen LogP contribution in [0.1, 0.15) is 27.7 Å². The zero-order valence-electron chi connectivity index (χ0n) is 14.3. The molecular formula is C16H24N4O4. The Morgan fingerprint density at radius 1 is 1.25 bits per heavy atom. The van der Waals surface area contributed by atoms with Gasteiger partial charge in [-0.3, -0.25) is 14.9 Å². The minimum absolute atomic E-state index is 0.230. The maximum atomic E-state index is 12.0. The maximum Gasteiger partial charge on any atom is 0.321 e. The van der Waals surface area contributed by atoms with Gasteiger partial charge in [0.25, 0.3) is 5.91 Å². The zero-order chi connectivity index (χ0) is 18.3. The summed E-state index contributed by atoms with van der Waals surface area (Å²) in [5, 5.41) is 7.86. The van der Waals surface area contributed by atoms with E-state index in [1.54, 1.807) is 31.2 Å². The van der Waals surface area contributed by atoms with Crippen molar-refractivity contribution in [1.29, 1.82) is 0 Å². The highest BCUT2D eigenvalue weighted by Crippen LogP contribution is 2.18. The summed E-state index contributed by atoms with van der Waals surface area (Å²) in [5.41, 5.74) is 5.19. The standard InChI is InChI=1S/C16H24N4O4/c1-10(14(22)19-15(23)20-16(2,3)4)18-11-6-5-7-12(8-11)24-9-13(17)21/h5-8,10,18H,9H2,1-4H3,(H2,17,21)(H2,19,20,22,23)/t10-/m0/s1.